The van der Waals surface area contributed by atoms with E-state index in [9.17, 15) is 0 Å². The average molecular weight is 280 g/mol. The van der Waals surface area contributed by atoms with Crippen LogP contribution in [0.4, 0.5) is 5.88 Å². The highest BCUT2D eigenvalue weighted by molar-refractivity contribution is 7.98. The van der Waals surface area contributed by atoms with Gasteiger partial charge in [0.1, 0.15) is 5.69 Å². The van der Waals surface area contributed by atoms with Gasteiger partial charge in [-0.05, 0) is 29.7 Å². The van der Waals surface area contributed by atoms with E-state index in [4.69, 9.17) is 10.3 Å². The molecule has 5 heteroatoms. The molecule has 0 saturated heterocycles. The number of nitrogens with two attached hydrogens (primary N) is 1. The summed E-state index contributed by atoms with van der Waals surface area (Å²) in [6.45, 7) is 4.24. The third kappa shape index (κ3) is 1.95. The summed E-state index contributed by atoms with van der Waals surface area (Å²) in [5.74, 6) is 3.14. The molecule has 2 aromatic rings. The Hall–Kier alpha value is -0.940. The van der Waals surface area contributed by atoms with Gasteiger partial charge in [0.25, 0.3) is 0 Å². The lowest BCUT2D eigenvalue weighted by molar-refractivity contribution is 0.438. The van der Waals surface area contributed by atoms with E-state index >= 15 is 0 Å². The Morgan fingerprint density at radius 1 is 1.44 bits per heavy atom. The second kappa shape index (κ2) is 4.63. The smallest absolute Gasteiger partial charge is 0.226 e. The number of thioether (sulfide) groups is 1. The zero-order chi connectivity index (χ0) is 12.7. The lowest BCUT2D eigenvalue weighted by Gasteiger charge is -2.08. The molecule has 2 N–H and O–H groups in total. The second-order valence-corrected chi connectivity index (χ2v) is 7.07. The van der Waals surface area contributed by atoms with Crippen molar-refractivity contribution in [2.24, 2.45) is 0 Å². The maximum atomic E-state index is 5.87. The van der Waals surface area contributed by atoms with Gasteiger partial charge in [-0.25, -0.2) is 0 Å². The Kier molecular flexibility index (Phi) is 3.11. The van der Waals surface area contributed by atoms with E-state index in [0.29, 0.717) is 11.8 Å². The van der Waals surface area contributed by atoms with Gasteiger partial charge in [-0.2, -0.15) is 11.8 Å². The molecule has 0 fully saturated rings. The summed E-state index contributed by atoms with van der Waals surface area (Å²) in [6, 6.07) is 2.26. The molecule has 3 rings (SSSR count). The van der Waals surface area contributed by atoms with Gasteiger partial charge in [0.05, 0.1) is 4.88 Å². The predicted molar refractivity (Wildman–Crippen MR) is 78.2 cm³/mol. The van der Waals surface area contributed by atoms with E-state index in [2.05, 4.69) is 25.1 Å². The van der Waals surface area contributed by atoms with Crippen molar-refractivity contribution in [1.29, 1.82) is 0 Å². The molecule has 0 amide bonds. The zero-order valence-electron chi connectivity index (χ0n) is 10.5. The highest BCUT2D eigenvalue weighted by Crippen LogP contribution is 2.40. The summed E-state index contributed by atoms with van der Waals surface area (Å²) in [5.41, 5.74) is 9.31. The van der Waals surface area contributed by atoms with Gasteiger partial charge in [-0.15, -0.1) is 11.3 Å². The van der Waals surface area contributed by atoms with Crippen molar-refractivity contribution in [2.75, 3.05) is 11.5 Å². The van der Waals surface area contributed by atoms with Gasteiger partial charge >= 0.3 is 0 Å². The molecule has 0 spiro atoms. The second-order valence-electron chi connectivity index (χ2n) is 4.83. The van der Waals surface area contributed by atoms with Gasteiger partial charge in [0.15, 0.2) is 0 Å². The van der Waals surface area contributed by atoms with Crippen LogP contribution in [0.5, 0.6) is 0 Å². The van der Waals surface area contributed by atoms with Crippen LogP contribution in [0.15, 0.2) is 10.6 Å². The van der Waals surface area contributed by atoms with E-state index in [1.54, 1.807) is 0 Å². The van der Waals surface area contributed by atoms with Crippen molar-refractivity contribution in [2.45, 2.75) is 31.9 Å². The van der Waals surface area contributed by atoms with Crippen LogP contribution in [0.25, 0.3) is 10.6 Å². The summed E-state index contributed by atoms with van der Waals surface area (Å²) in [6.07, 6.45) is 1.18. The van der Waals surface area contributed by atoms with Crippen molar-refractivity contribution in [1.82, 2.24) is 5.16 Å². The Bertz CT molecular complexity index is 548. The number of aromatic nitrogens is 1. The molecule has 2 aromatic heterocycles. The summed E-state index contributed by atoms with van der Waals surface area (Å²) in [4.78, 5) is 2.70. The van der Waals surface area contributed by atoms with Gasteiger partial charge in [0.2, 0.25) is 5.88 Å². The first-order chi connectivity index (χ1) is 8.66. The molecular weight excluding hydrogens is 264 g/mol. The number of nitrogen functional groups attached to an aromatic ring is 1. The number of hydrogen-bond acceptors (Lipinski definition) is 5. The van der Waals surface area contributed by atoms with Crippen LogP contribution in [0.1, 0.15) is 35.8 Å². The normalized spacial score (nSPS) is 15.1. The Morgan fingerprint density at radius 2 is 2.28 bits per heavy atom. The number of nitrogens with zero attached hydrogens (tertiary/aromatic N) is 1. The van der Waals surface area contributed by atoms with E-state index in [1.165, 1.54) is 27.5 Å². The topological polar surface area (TPSA) is 52.0 Å². The minimum absolute atomic E-state index is 0.333. The molecule has 1 aliphatic heterocycles. The fourth-order valence-electron chi connectivity index (χ4n) is 2.31. The summed E-state index contributed by atoms with van der Waals surface area (Å²) in [7, 11) is 0. The molecule has 96 valence electrons. The summed E-state index contributed by atoms with van der Waals surface area (Å²) >= 11 is 3.84. The molecule has 0 bridgehead atoms. The summed E-state index contributed by atoms with van der Waals surface area (Å²) < 4.78 is 5.17. The lowest BCUT2D eigenvalue weighted by atomic mass is 10.0. The third-order valence-electron chi connectivity index (χ3n) is 3.19. The SMILES string of the molecule is CC(C)c1c(-c2cc3c(s2)CCSC3)noc1N. The quantitative estimate of drug-likeness (QED) is 0.906. The first kappa shape index (κ1) is 12.1. The summed E-state index contributed by atoms with van der Waals surface area (Å²) in [5, 5.41) is 4.15. The van der Waals surface area contributed by atoms with Gasteiger partial charge in [0, 0.05) is 16.2 Å². The Labute approximate surface area is 115 Å². The van der Waals surface area contributed by atoms with E-state index < -0.39 is 0 Å². The zero-order valence-corrected chi connectivity index (χ0v) is 12.2. The fraction of sp³-hybridized carbons (Fsp3) is 0.462. The largest absolute Gasteiger partial charge is 0.367 e. The standard InChI is InChI=1S/C13H16N2OS2/c1-7(2)11-12(15-16-13(11)14)10-5-8-6-17-4-3-9(8)18-10/h5,7H,3-4,6,14H2,1-2H3. The number of fused-ring (bicyclic) bond motifs is 1. The maximum absolute atomic E-state index is 5.87. The van der Waals surface area contributed by atoms with Crippen molar-refractivity contribution >= 4 is 29.0 Å². The van der Waals surface area contributed by atoms with Crippen LogP contribution in [-0.4, -0.2) is 10.9 Å². The van der Waals surface area contributed by atoms with Crippen molar-refractivity contribution in [3.63, 3.8) is 0 Å². The number of rotatable bonds is 2. The highest BCUT2D eigenvalue weighted by Gasteiger charge is 2.22. The van der Waals surface area contributed by atoms with Crippen LogP contribution in [-0.2, 0) is 12.2 Å². The molecule has 0 unspecified atom stereocenters. The van der Waals surface area contributed by atoms with Crippen LogP contribution < -0.4 is 5.73 Å². The number of thiophene rings is 1. The molecular formula is C13H16N2OS2. The molecule has 1 aliphatic rings. The number of aryl methyl sites for hydroxylation is 1. The minimum Gasteiger partial charge on any atom is -0.367 e. The fourth-order valence-corrected chi connectivity index (χ4v) is 4.68. The molecule has 0 radical (unpaired) electrons. The molecule has 0 atom stereocenters. The molecule has 0 saturated carbocycles. The number of anilines is 1. The maximum Gasteiger partial charge on any atom is 0.226 e. The van der Waals surface area contributed by atoms with E-state index in [0.717, 1.165) is 17.0 Å². The average Bonchev–Trinajstić information content (AvgIpc) is 2.91. The first-order valence-corrected chi connectivity index (χ1v) is 8.08. The molecule has 3 heterocycles. The van der Waals surface area contributed by atoms with Crippen LogP contribution in [0.2, 0.25) is 0 Å². The van der Waals surface area contributed by atoms with E-state index in [-0.39, 0.29) is 0 Å². The van der Waals surface area contributed by atoms with Crippen LogP contribution in [0, 0.1) is 0 Å². The Balaban J connectivity index is 2.07. The molecule has 0 aromatic carbocycles. The highest BCUT2D eigenvalue weighted by atomic mass is 32.2. The monoisotopic (exact) mass is 280 g/mol. The minimum atomic E-state index is 0.333. The Morgan fingerprint density at radius 3 is 3.00 bits per heavy atom. The predicted octanol–water partition coefficient (Wildman–Crippen LogP) is 3.90. The molecule has 3 nitrogen and oxygen atoms in total. The van der Waals surface area contributed by atoms with Crippen molar-refractivity contribution in [3.05, 3.63) is 22.1 Å². The third-order valence-corrected chi connectivity index (χ3v) is 5.45. The first-order valence-electron chi connectivity index (χ1n) is 6.11. The van der Waals surface area contributed by atoms with Crippen molar-refractivity contribution < 1.29 is 4.52 Å². The molecule has 18 heavy (non-hydrogen) atoms. The lowest BCUT2D eigenvalue weighted by Crippen LogP contribution is -1.96. The van der Waals surface area contributed by atoms with Gasteiger partial charge < -0.3 is 10.3 Å². The van der Waals surface area contributed by atoms with Crippen LogP contribution >= 0.6 is 23.1 Å². The number of hydrogen-bond donors (Lipinski definition) is 1. The van der Waals surface area contributed by atoms with Crippen LogP contribution in [0.3, 0.4) is 0 Å². The van der Waals surface area contributed by atoms with Gasteiger partial charge in [-0.3, -0.25) is 0 Å². The van der Waals surface area contributed by atoms with E-state index in [1.807, 2.05) is 23.1 Å². The van der Waals surface area contributed by atoms with Gasteiger partial charge in [-0.1, -0.05) is 19.0 Å². The molecule has 0 aliphatic carbocycles. The van der Waals surface area contributed by atoms with Crippen molar-refractivity contribution in [3.8, 4) is 10.6 Å².